The Morgan fingerprint density at radius 3 is 2.84 bits per heavy atom. The van der Waals surface area contributed by atoms with Gasteiger partial charge in [0.1, 0.15) is 6.04 Å². The Morgan fingerprint density at radius 1 is 1.32 bits per heavy atom. The molecule has 0 radical (unpaired) electrons. The number of anilines is 1. The van der Waals surface area contributed by atoms with E-state index < -0.39 is 11.0 Å². The minimum absolute atomic E-state index is 0.0388. The Bertz CT molecular complexity index is 929. The fourth-order valence-electron chi connectivity index (χ4n) is 3.64. The van der Waals surface area contributed by atoms with Gasteiger partial charge in [0.2, 0.25) is 5.95 Å². The van der Waals surface area contributed by atoms with E-state index in [1.54, 1.807) is 18.2 Å². The summed E-state index contributed by atoms with van der Waals surface area (Å²) in [6.45, 7) is 4.04. The molecule has 2 aliphatic rings. The Hall–Kier alpha value is -3.10. The fraction of sp³-hybridized carbons (Fsp3) is 0.375. The number of Topliss-reactive ketones (excluding diaryl/α,β-unsaturated/α-hetero) is 1. The zero-order chi connectivity index (χ0) is 17.8. The van der Waals surface area contributed by atoms with Crippen molar-refractivity contribution >= 4 is 17.4 Å². The molecule has 9 nitrogen and oxygen atoms in total. The molecule has 2 heterocycles. The molecular formula is C16H16N6O3. The summed E-state index contributed by atoms with van der Waals surface area (Å²) in [4.78, 5) is 23.9. The van der Waals surface area contributed by atoms with E-state index >= 15 is 0 Å². The molecule has 0 amide bonds. The molecule has 1 aromatic carbocycles. The van der Waals surface area contributed by atoms with Gasteiger partial charge in [0.05, 0.1) is 10.5 Å². The Kier molecular flexibility index (Phi) is 3.21. The van der Waals surface area contributed by atoms with E-state index in [2.05, 4.69) is 20.8 Å². The van der Waals surface area contributed by atoms with Gasteiger partial charge in [-0.25, -0.2) is 0 Å². The molecule has 1 aliphatic heterocycles. The quantitative estimate of drug-likeness (QED) is 0.658. The van der Waals surface area contributed by atoms with Crippen LogP contribution in [0.15, 0.2) is 35.5 Å². The average Bonchev–Trinajstić information content (AvgIpc) is 2.99. The van der Waals surface area contributed by atoms with Crippen LogP contribution in [0.5, 0.6) is 0 Å². The number of hydrogen-bond acceptors (Lipinski definition) is 7. The smallest absolute Gasteiger partial charge is 0.275 e. The van der Waals surface area contributed by atoms with Crippen LogP contribution >= 0.6 is 0 Å². The zero-order valence-electron chi connectivity index (χ0n) is 13.8. The maximum atomic E-state index is 12.9. The van der Waals surface area contributed by atoms with Crippen molar-refractivity contribution in [3.8, 4) is 0 Å². The molecule has 0 fully saturated rings. The molecule has 128 valence electrons. The van der Waals surface area contributed by atoms with Crippen molar-refractivity contribution in [1.29, 1.82) is 0 Å². The summed E-state index contributed by atoms with van der Waals surface area (Å²) in [7, 11) is 0. The number of tetrazole rings is 1. The first-order valence-corrected chi connectivity index (χ1v) is 7.92. The van der Waals surface area contributed by atoms with Gasteiger partial charge in [-0.05, 0) is 28.3 Å². The SMILES string of the molecule is CC1(C)CC(=O)C2=C(C1)Nc1nnnn1[C@@H]2c1ccccc1[N+](=O)[O-]. The van der Waals surface area contributed by atoms with Crippen molar-refractivity contribution in [3.63, 3.8) is 0 Å². The second-order valence-corrected chi connectivity index (χ2v) is 7.12. The van der Waals surface area contributed by atoms with Crippen LogP contribution < -0.4 is 5.32 Å². The van der Waals surface area contributed by atoms with E-state index in [9.17, 15) is 14.9 Å². The van der Waals surface area contributed by atoms with Crippen LogP contribution in [0.25, 0.3) is 0 Å². The number of carbonyl (C=O) groups excluding carboxylic acids is 1. The predicted molar refractivity (Wildman–Crippen MR) is 87.7 cm³/mol. The second-order valence-electron chi connectivity index (χ2n) is 7.12. The van der Waals surface area contributed by atoms with Crippen LogP contribution in [0.1, 0.15) is 38.3 Å². The number of hydrogen-bond donors (Lipinski definition) is 1. The molecular weight excluding hydrogens is 324 g/mol. The molecule has 1 atom stereocenters. The van der Waals surface area contributed by atoms with E-state index in [4.69, 9.17) is 0 Å². The summed E-state index contributed by atoms with van der Waals surface area (Å²) < 4.78 is 1.44. The molecule has 0 spiro atoms. The van der Waals surface area contributed by atoms with Crippen molar-refractivity contribution in [2.45, 2.75) is 32.7 Å². The van der Waals surface area contributed by atoms with Gasteiger partial charge in [0.25, 0.3) is 5.69 Å². The number of carbonyl (C=O) groups is 1. The normalized spacial score (nSPS) is 21.4. The number of nitrogens with one attached hydrogen (secondary N) is 1. The lowest BCUT2D eigenvalue weighted by molar-refractivity contribution is -0.385. The first-order chi connectivity index (χ1) is 11.9. The summed E-state index contributed by atoms with van der Waals surface area (Å²) in [6.07, 6.45) is 1.03. The maximum Gasteiger partial charge on any atom is 0.275 e. The Morgan fingerprint density at radius 2 is 2.08 bits per heavy atom. The number of aromatic nitrogens is 4. The number of allylic oxidation sites excluding steroid dienone is 2. The van der Waals surface area contributed by atoms with E-state index in [1.807, 2.05) is 13.8 Å². The summed E-state index contributed by atoms with van der Waals surface area (Å²) in [6, 6.07) is 5.69. The van der Waals surface area contributed by atoms with Crippen LogP contribution in [0.2, 0.25) is 0 Å². The van der Waals surface area contributed by atoms with Gasteiger partial charge in [-0.2, -0.15) is 4.68 Å². The van der Waals surface area contributed by atoms with E-state index in [0.717, 1.165) is 5.70 Å². The number of nitro groups is 1. The molecule has 4 rings (SSSR count). The lowest BCUT2D eigenvalue weighted by Crippen LogP contribution is -2.36. The monoisotopic (exact) mass is 340 g/mol. The number of ketones is 1. The van der Waals surface area contributed by atoms with Crippen LogP contribution in [0, 0.1) is 15.5 Å². The topological polar surface area (TPSA) is 116 Å². The van der Waals surface area contributed by atoms with Crippen LogP contribution in [-0.4, -0.2) is 30.9 Å². The Balaban J connectivity index is 1.96. The highest BCUT2D eigenvalue weighted by Crippen LogP contribution is 2.46. The standard InChI is InChI=1S/C16H16N6O3/c1-16(2)7-10-13(12(23)8-16)14(21-15(17-10)18-19-20-21)9-5-3-4-6-11(9)22(24)25/h3-6,14H,7-8H2,1-2H3,(H,17,18,20)/t14-/m1/s1. The second kappa shape index (κ2) is 5.20. The lowest BCUT2D eigenvalue weighted by atomic mass is 9.73. The summed E-state index contributed by atoms with van der Waals surface area (Å²) in [5.74, 6) is 0.343. The first-order valence-electron chi connectivity index (χ1n) is 7.92. The van der Waals surface area contributed by atoms with Gasteiger partial charge in [0, 0.05) is 23.8 Å². The van der Waals surface area contributed by atoms with Gasteiger partial charge in [0.15, 0.2) is 5.78 Å². The maximum absolute atomic E-state index is 12.9. The predicted octanol–water partition coefficient (Wildman–Crippen LogP) is 2.24. The molecule has 0 saturated carbocycles. The first kappa shape index (κ1) is 15.4. The van der Waals surface area contributed by atoms with Crippen molar-refractivity contribution < 1.29 is 9.72 Å². The van der Waals surface area contributed by atoms with Gasteiger partial charge in [-0.1, -0.05) is 31.1 Å². The van der Waals surface area contributed by atoms with Gasteiger partial charge in [-0.3, -0.25) is 14.9 Å². The largest absolute Gasteiger partial charge is 0.326 e. The molecule has 1 N–H and O–H groups in total. The Labute approximate surface area is 142 Å². The lowest BCUT2D eigenvalue weighted by Gasteiger charge is -2.37. The van der Waals surface area contributed by atoms with Crippen molar-refractivity contribution in [2.75, 3.05) is 5.32 Å². The van der Waals surface area contributed by atoms with E-state index in [1.165, 1.54) is 10.7 Å². The van der Waals surface area contributed by atoms with Gasteiger partial charge >= 0.3 is 0 Å². The minimum Gasteiger partial charge on any atom is -0.326 e. The van der Waals surface area contributed by atoms with Crippen molar-refractivity contribution in [2.24, 2.45) is 5.41 Å². The third kappa shape index (κ3) is 2.39. The number of rotatable bonds is 2. The number of nitro benzene ring substituents is 1. The zero-order valence-corrected chi connectivity index (χ0v) is 13.8. The highest BCUT2D eigenvalue weighted by Gasteiger charge is 2.43. The highest BCUT2D eigenvalue weighted by molar-refractivity contribution is 6.00. The third-order valence-electron chi connectivity index (χ3n) is 4.62. The molecule has 2 aromatic rings. The summed E-state index contributed by atoms with van der Waals surface area (Å²) in [5, 5.41) is 26.2. The molecule has 1 aromatic heterocycles. The highest BCUT2D eigenvalue weighted by atomic mass is 16.6. The van der Waals surface area contributed by atoms with Crippen LogP contribution in [0.3, 0.4) is 0 Å². The number of nitrogens with zero attached hydrogens (tertiary/aromatic N) is 5. The third-order valence-corrected chi connectivity index (χ3v) is 4.62. The molecule has 25 heavy (non-hydrogen) atoms. The summed E-state index contributed by atoms with van der Waals surface area (Å²) >= 11 is 0. The molecule has 1 aliphatic carbocycles. The number of benzene rings is 1. The molecule has 0 unspecified atom stereocenters. The van der Waals surface area contributed by atoms with Crippen LogP contribution in [0.4, 0.5) is 11.6 Å². The van der Waals surface area contributed by atoms with Crippen LogP contribution in [-0.2, 0) is 4.79 Å². The van der Waals surface area contributed by atoms with E-state index in [0.29, 0.717) is 29.9 Å². The number of para-hydroxylation sites is 1. The molecule has 0 saturated heterocycles. The van der Waals surface area contributed by atoms with E-state index in [-0.39, 0.29) is 16.9 Å². The van der Waals surface area contributed by atoms with Gasteiger partial charge < -0.3 is 5.32 Å². The van der Waals surface area contributed by atoms with Crippen molar-refractivity contribution in [1.82, 2.24) is 20.2 Å². The molecule has 9 heteroatoms. The minimum atomic E-state index is -0.702. The summed E-state index contributed by atoms with van der Waals surface area (Å²) in [5.41, 5.74) is 1.41. The van der Waals surface area contributed by atoms with Gasteiger partial charge in [-0.15, -0.1) is 0 Å². The fourth-order valence-corrected chi connectivity index (χ4v) is 3.64. The average molecular weight is 340 g/mol. The molecule has 0 bridgehead atoms. The number of fused-ring (bicyclic) bond motifs is 1. The van der Waals surface area contributed by atoms with Crippen molar-refractivity contribution in [3.05, 3.63) is 51.2 Å².